The van der Waals surface area contributed by atoms with Crippen LogP contribution in [0.4, 0.5) is 4.39 Å². The van der Waals surface area contributed by atoms with Crippen molar-refractivity contribution < 1.29 is 19.2 Å². The minimum atomic E-state index is -1.53. The highest BCUT2D eigenvalue weighted by Gasteiger charge is 2.10. The van der Waals surface area contributed by atoms with Gasteiger partial charge in [0.05, 0.1) is 11.6 Å². The second-order valence-electron chi connectivity index (χ2n) is 4.14. The van der Waals surface area contributed by atoms with E-state index in [4.69, 9.17) is 20.0 Å². The summed E-state index contributed by atoms with van der Waals surface area (Å²) in [6.07, 6.45) is 0. The number of halogens is 1. The molecule has 0 saturated carbocycles. The lowest BCUT2D eigenvalue weighted by Crippen LogP contribution is -2.29. The minimum absolute atomic E-state index is 0.0572. The van der Waals surface area contributed by atoms with Gasteiger partial charge >= 0.3 is 7.12 Å². The van der Waals surface area contributed by atoms with Crippen LogP contribution in [0.3, 0.4) is 0 Å². The molecule has 0 amide bonds. The van der Waals surface area contributed by atoms with Crippen LogP contribution in [-0.4, -0.2) is 17.2 Å². The molecule has 0 aliphatic rings. The van der Waals surface area contributed by atoms with Crippen molar-refractivity contribution in [2.75, 3.05) is 0 Å². The number of hydrogen-bond donors (Lipinski definition) is 2. The topological polar surface area (TPSA) is 73.5 Å². The zero-order chi connectivity index (χ0) is 14.5. The third kappa shape index (κ3) is 3.35. The van der Waals surface area contributed by atoms with Crippen LogP contribution >= 0.6 is 0 Å². The summed E-state index contributed by atoms with van der Waals surface area (Å²) in [6.45, 7) is 0.0572. The Bertz CT molecular complexity index is 638. The molecule has 0 aliphatic heterocycles. The first-order valence-corrected chi connectivity index (χ1v) is 5.87. The third-order valence-corrected chi connectivity index (χ3v) is 2.76. The third-order valence-electron chi connectivity index (χ3n) is 2.76. The van der Waals surface area contributed by atoms with Gasteiger partial charge in [0.1, 0.15) is 18.2 Å². The van der Waals surface area contributed by atoms with Crippen LogP contribution in [0.25, 0.3) is 0 Å². The van der Waals surface area contributed by atoms with Crippen molar-refractivity contribution in [2.24, 2.45) is 0 Å². The molecule has 0 radical (unpaired) electrons. The molecular formula is C14H11BFNO3. The van der Waals surface area contributed by atoms with E-state index in [0.29, 0.717) is 22.3 Å². The molecule has 4 nitrogen and oxygen atoms in total. The Hall–Kier alpha value is -2.36. The summed E-state index contributed by atoms with van der Waals surface area (Å²) in [6, 6.07) is 12.0. The van der Waals surface area contributed by atoms with E-state index in [1.165, 1.54) is 30.3 Å². The highest BCUT2D eigenvalue weighted by atomic mass is 19.1. The predicted octanol–water partition coefficient (Wildman–Crippen LogP) is 0.956. The summed E-state index contributed by atoms with van der Waals surface area (Å²) in [5.74, 6) is 0.0592. The molecule has 100 valence electrons. The molecule has 0 atom stereocenters. The first kappa shape index (κ1) is 14.1. The lowest BCUT2D eigenvalue weighted by atomic mass is 9.80. The minimum Gasteiger partial charge on any atom is -0.489 e. The summed E-state index contributed by atoms with van der Waals surface area (Å²) in [4.78, 5) is 0. The van der Waals surface area contributed by atoms with Gasteiger partial charge in [-0.3, -0.25) is 0 Å². The monoisotopic (exact) mass is 271 g/mol. The molecule has 0 unspecified atom stereocenters. The average Bonchev–Trinajstić information content (AvgIpc) is 2.45. The molecule has 0 spiro atoms. The SMILES string of the molecule is N#Cc1ccc(F)cc1COc1ccc(B(O)O)cc1. The standard InChI is InChI=1S/C14H11BFNO3/c16-13-4-1-10(8-17)11(7-13)9-20-14-5-2-12(3-6-14)15(18)19/h1-7,18-19H,9H2. The largest absolute Gasteiger partial charge is 0.489 e. The number of nitriles is 1. The van der Waals surface area contributed by atoms with Crippen molar-refractivity contribution in [3.05, 3.63) is 59.4 Å². The average molecular weight is 271 g/mol. The lowest BCUT2D eigenvalue weighted by Gasteiger charge is -2.08. The molecule has 0 heterocycles. The van der Waals surface area contributed by atoms with Gasteiger partial charge in [-0.25, -0.2) is 4.39 Å². The Morgan fingerprint density at radius 3 is 2.45 bits per heavy atom. The summed E-state index contributed by atoms with van der Waals surface area (Å²) in [7, 11) is -1.53. The highest BCUT2D eigenvalue weighted by molar-refractivity contribution is 6.58. The van der Waals surface area contributed by atoms with Crippen molar-refractivity contribution in [1.29, 1.82) is 5.26 Å². The van der Waals surface area contributed by atoms with Crippen molar-refractivity contribution in [3.8, 4) is 11.8 Å². The maximum atomic E-state index is 13.1. The summed E-state index contributed by atoms with van der Waals surface area (Å²) >= 11 is 0. The van der Waals surface area contributed by atoms with E-state index in [2.05, 4.69) is 0 Å². The maximum Gasteiger partial charge on any atom is 0.488 e. The van der Waals surface area contributed by atoms with Gasteiger partial charge in [-0.2, -0.15) is 5.26 Å². The van der Waals surface area contributed by atoms with E-state index >= 15 is 0 Å². The number of ether oxygens (including phenoxy) is 1. The highest BCUT2D eigenvalue weighted by Crippen LogP contribution is 2.15. The van der Waals surface area contributed by atoms with E-state index in [1.807, 2.05) is 6.07 Å². The summed E-state index contributed by atoms with van der Waals surface area (Å²) in [5, 5.41) is 26.8. The molecule has 20 heavy (non-hydrogen) atoms. The zero-order valence-corrected chi connectivity index (χ0v) is 10.5. The molecule has 2 aromatic rings. The predicted molar refractivity (Wildman–Crippen MR) is 71.7 cm³/mol. The quantitative estimate of drug-likeness (QED) is 0.812. The summed E-state index contributed by atoms with van der Waals surface area (Å²) in [5.41, 5.74) is 1.16. The first-order chi connectivity index (χ1) is 9.60. The van der Waals surface area contributed by atoms with E-state index in [0.717, 1.165) is 0 Å². The van der Waals surface area contributed by atoms with Crippen molar-refractivity contribution in [1.82, 2.24) is 0 Å². The fourth-order valence-corrected chi connectivity index (χ4v) is 1.69. The normalized spacial score (nSPS) is 9.90. The molecule has 0 fully saturated rings. The van der Waals surface area contributed by atoms with E-state index < -0.39 is 12.9 Å². The maximum absolute atomic E-state index is 13.1. The molecular weight excluding hydrogens is 260 g/mol. The van der Waals surface area contributed by atoms with Crippen LogP contribution in [0.2, 0.25) is 0 Å². The number of nitrogens with zero attached hydrogens (tertiary/aromatic N) is 1. The van der Waals surface area contributed by atoms with Crippen LogP contribution in [0, 0.1) is 17.1 Å². The molecule has 0 aliphatic carbocycles. The second kappa shape index (κ2) is 6.19. The van der Waals surface area contributed by atoms with Gasteiger partial charge in [0.25, 0.3) is 0 Å². The molecule has 0 saturated heterocycles. The lowest BCUT2D eigenvalue weighted by molar-refractivity contribution is 0.305. The summed E-state index contributed by atoms with van der Waals surface area (Å²) < 4.78 is 18.6. The van der Waals surface area contributed by atoms with Gasteiger partial charge in [0, 0.05) is 5.56 Å². The van der Waals surface area contributed by atoms with Gasteiger partial charge in [-0.15, -0.1) is 0 Å². The van der Waals surface area contributed by atoms with E-state index in [1.54, 1.807) is 12.1 Å². The Labute approximate surface area is 115 Å². The van der Waals surface area contributed by atoms with Crippen molar-refractivity contribution >= 4 is 12.6 Å². The fourth-order valence-electron chi connectivity index (χ4n) is 1.69. The second-order valence-corrected chi connectivity index (χ2v) is 4.14. The van der Waals surface area contributed by atoms with Gasteiger partial charge in [0.15, 0.2) is 0 Å². The number of benzene rings is 2. The fraction of sp³-hybridized carbons (Fsp3) is 0.0714. The zero-order valence-electron chi connectivity index (χ0n) is 10.5. The van der Waals surface area contributed by atoms with Gasteiger partial charge in [-0.1, -0.05) is 12.1 Å². The van der Waals surface area contributed by atoms with Crippen LogP contribution < -0.4 is 10.2 Å². The van der Waals surface area contributed by atoms with E-state index in [-0.39, 0.29) is 6.61 Å². The van der Waals surface area contributed by atoms with Crippen molar-refractivity contribution in [2.45, 2.75) is 6.61 Å². The number of rotatable bonds is 4. The molecule has 2 N–H and O–H groups in total. The van der Waals surface area contributed by atoms with Gasteiger partial charge < -0.3 is 14.8 Å². The molecule has 2 aromatic carbocycles. The Morgan fingerprint density at radius 2 is 1.85 bits per heavy atom. The Kier molecular flexibility index (Phi) is 4.36. The van der Waals surface area contributed by atoms with Crippen LogP contribution in [-0.2, 0) is 6.61 Å². The Balaban J connectivity index is 2.09. The molecule has 0 aromatic heterocycles. The van der Waals surface area contributed by atoms with Crippen LogP contribution in [0.1, 0.15) is 11.1 Å². The Morgan fingerprint density at radius 1 is 1.15 bits per heavy atom. The first-order valence-electron chi connectivity index (χ1n) is 5.87. The van der Waals surface area contributed by atoms with Gasteiger partial charge in [0.2, 0.25) is 0 Å². The van der Waals surface area contributed by atoms with Crippen LogP contribution in [0.15, 0.2) is 42.5 Å². The van der Waals surface area contributed by atoms with Crippen LogP contribution in [0.5, 0.6) is 5.75 Å². The van der Waals surface area contributed by atoms with E-state index in [9.17, 15) is 4.39 Å². The number of hydrogen-bond acceptors (Lipinski definition) is 4. The molecule has 0 bridgehead atoms. The smallest absolute Gasteiger partial charge is 0.488 e. The van der Waals surface area contributed by atoms with Crippen molar-refractivity contribution in [3.63, 3.8) is 0 Å². The van der Waals surface area contributed by atoms with Gasteiger partial charge in [-0.05, 0) is 35.8 Å². The molecule has 6 heteroatoms. The molecule has 2 rings (SSSR count).